The van der Waals surface area contributed by atoms with E-state index in [-0.39, 0.29) is 44.0 Å². The third-order valence-corrected chi connectivity index (χ3v) is 9.31. The second-order valence-electron chi connectivity index (χ2n) is 7.17. The second kappa shape index (κ2) is 9.94. The smallest absolute Gasteiger partial charge is 0.508 e. The Labute approximate surface area is 173 Å². The number of aryl methyl sites for hydroxylation is 2. The van der Waals surface area contributed by atoms with Gasteiger partial charge in [0, 0.05) is 0 Å². The summed E-state index contributed by atoms with van der Waals surface area (Å²) in [5, 5.41) is 13.4. The third kappa shape index (κ3) is 4.78. The molecule has 0 saturated heterocycles. The van der Waals surface area contributed by atoms with Gasteiger partial charge in [-0.2, -0.15) is 0 Å². The zero-order valence-corrected chi connectivity index (χ0v) is 20.7. The fourth-order valence-electron chi connectivity index (χ4n) is 3.96. The molecule has 1 aromatic rings. The molecule has 25 heavy (non-hydrogen) atoms. The molecular weight excluding hydrogens is 356 g/mol. The van der Waals surface area contributed by atoms with Gasteiger partial charge in [-0.3, -0.25) is 0 Å². The van der Waals surface area contributed by atoms with Gasteiger partial charge in [0.1, 0.15) is 13.8 Å². The molecule has 0 amide bonds. The van der Waals surface area contributed by atoms with E-state index in [0.717, 1.165) is 5.56 Å². The molecule has 1 aliphatic rings. The van der Waals surface area contributed by atoms with Crippen molar-refractivity contribution in [3.05, 3.63) is 67.5 Å². The average molecular weight is 393 g/mol. The van der Waals surface area contributed by atoms with E-state index in [1.165, 1.54) is 27.5 Å². The van der Waals surface area contributed by atoms with Crippen LogP contribution in [0.3, 0.4) is 0 Å². The molecule has 0 spiro atoms. The molecule has 2 rings (SSSR count). The van der Waals surface area contributed by atoms with Crippen molar-refractivity contribution in [1.82, 2.24) is 0 Å². The number of phenols is 1. The summed E-state index contributed by atoms with van der Waals surface area (Å²) in [4.78, 5) is 0. The third-order valence-electron chi connectivity index (χ3n) is 5.43. The number of aromatic hydroxyl groups is 1. The van der Waals surface area contributed by atoms with Gasteiger partial charge in [0.25, 0.3) is 0 Å². The molecule has 1 aromatic carbocycles. The molecule has 1 radical (unpaired) electrons. The standard InChI is InChI=1S/C19H28OSi.3CH3.Ti/c1-11-9-12(2)18(20)17(10-11)21(7,8)19-15(5)13(3)14(4)16(19)6;;;;/h9-10,15,20H,1-8H3;3*1H3;/q;3*-1;+3. The van der Waals surface area contributed by atoms with Crippen molar-refractivity contribution in [3.63, 3.8) is 0 Å². The van der Waals surface area contributed by atoms with Gasteiger partial charge in [-0.15, -0.1) is 0 Å². The maximum absolute atomic E-state index is 10.6. The van der Waals surface area contributed by atoms with Crippen LogP contribution in [0.2, 0.25) is 13.1 Å². The Morgan fingerprint density at radius 3 is 1.76 bits per heavy atom. The minimum absolute atomic E-state index is 0. The summed E-state index contributed by atoms with van der Waals surface area (Å²) < 4.78 is 0. The minimum atomic E-state index is -1.88. The summed E-state index contributed by atoms with van der Waals surface area (Å²) in [5.41, 5.74) is 6.63. The van der Waals surface area contributed by atoms with Crippen LogP contribution < -0.4 is 5.19 Å². The molecule has 1 N–H and O–H groups in total. The molecule has 139 valence electrons. The number of allylic oxidation sites excluding steroid dienone is 4. The first-order valence-electron chi connectivity index (χ1n) is 7.78. The summed E-state index contributed by atoms with van der Waals surface area (Å²) in [7, 11) is -1.88. The van der Waals surface area contributed by atoms with Crippen LogP contribution in [0, 0.1) is 42.0 Å². The van der Waals surface area contributed by atoms with Gasteiger partial charge in [-0.05, 0) is 56.9 Å². The molecule has 0 bridgehead atoms. The fourth-order valence-corrected chi connectivity index (χ4v) is 8.05. The Morgan fingerprint density at radius 2 is 1.36 bits per heavy atom. The van der Waals surface area contributed by atoms with Gasteiger partial charge in [0.15, 0.2) is 0 Å². The van der Waals surface area contributed by atoms with Crippen molar-refractivity contribution in [2.75, 3.05) is 0 Å². The Bertz CT molecular complexity index is 669. The van der Waals surface area contributed by atoms with Gasteiger partial charge >= 0.3 is 21.7 Å². The van der Waals surface area contributed by atoms with Crippen LogP contribution in [-0.2, 0) is 21.7 Å². The van der Waals surface area contributed by atoms with Gasteiger partial charge in [0.05, 0.1) is 0 Å². The van der Waals surface area contributed by atoms with Crippen LogP contribution in [0.15, 0.2) is 34.0 Å². The van der Waals surface area contributed by atoms with E-state index in [9.17, 15) is 5.11 Å². The fraction of sp³-hybridized carbons (Fsp3) is 0.409. The largest absolute Gasteiger partial charge is 3.00 e. The quantitative estimate of drug-likeness (QED) is 0.474. The van der Waals surface area contributed by atoms with Gasteiger partial charge in [-0.25, -0.2) is 0 Å². The molecule has 0 heterocycles. The van der Waals surface area contributed by atoms with Crippen LogP contribution in [0.4, 0.5) is 0 Å². The molecule has 0 aliphatic heterocycles. The van der Waals surface area contributed by atoms with Crippen LogP contribution in [0.1, 0.15) is 38.8 Å². The summed E-state index contributed by atoms with van der Waals surface area (Å²) in [6, 6.07) is 4.27. The van der Waals surface area contributed by atoms with Crippen molar-refractivity contribution in [1.29, 1.82) is 0 Å². The number of phenolic OH excluding ortho intramolecular Hbond substituents is 1. The van der Waals surface area contributed by atoms with Gasteiger partial charge < -0.3 is 27.4 Å². The van der Waals surface area contributed by atoms with E-state index in [4.69, 9.17) is 0 Å². The average Bonchev–Trinajstić information content (AvgIpc) is 2.58. The molecule has 1 atom stereocenters. The van der Waals surface area contributed by atoms with Crippen molar-refractivity contribution < 1.29 is 26.8 Å². The Kier molecular flexibility index (Phi) is 11.6. The SMILES string of the molecule is CC1=C(C)C(C)C([Si](C)(C)c2cc(C)cc(C)c2O)=C1C.[CH3-].[CH3-].[CH3-].[Ti+3]. The second-order valence-corrected chi connectivity index (χ2v) is 11.5. The Hall–Kier alpha value is -0.569. The molecule has 1 unspecified atom stereocenters. The summed E-state index contributed by atoms with van der Waals surface area (Å²) in [6.45, 7) is 17.9. The Balaban J connectivity index is -0.00000121. The summed E-state index contributed by atoms with van der Waals surface area (Å²) >= 11 is 0. The summed E-state index contributed by atoms with van der Waals surface area (Å²) in [6.07, 6.45) is 0. The van der Waals surface area contributed by atoms with Crippen LogP contribution in [0.5, 0.6) is 5.75 Å². The van der Waals surface area contributed by atoms with Crippen molar-refractivity contribution in [2.45, 2.75) is 54.6 Å². The zero-order valence-electron chi connectivity index (χ0n) is 18.2. The predicted molar refractivity (Wildman–Crippen MR) is 114 cm³/mol. The Morgan fingerprint density at radius 1 is 0.880 bits per heavy atom. The van der Waals surface area contributed by atoms with E-state index >= 15 is 0 Å². The minimum Gasteiger partial charge on any atom is -0.508 e. The number of rotatable bonds is 2. The molecule has 0 saturated carbocycles. The van der Waals surface area contributed by atoms with Crippen molar-refractivity contribution >= 4 is 13.3 Å². The van der Waals surface area contributed by atoms with Crippen LogP contribution >= 0.6 is 0 Å². The van der Waals surface area contributed by atoms with Gasteiger partial charge in [0.2, 0.25) is 0 Å². The molecule has 1 aliphatic carbocycles. The topological polar surface area (TPSA) is 20.2 Å². The van der Waals surface area contributed by atoms with Gasteiger partial charge in [-0.1, -0.05) is 54.1 Å². The first-order valence-corrected chi connectivity index (χ1v) is 10.8. The van der Waals surface area contributed by atoms with E-state index in [1.807, 2.05) is 6.92 Å². The first kappa shape index (κ1) is 29.2. The first-order chi connectivity index (χ1) is 9.59. The van der Waals surface area contributed by atoms with E-state index in [1.54, 1.807) is 5.20 Å². The molecule has 1 nitrogen and oxygen atoms in total. The number of benzene rings is 1. The zero-order chi connectivity index (χ0) is 16.1. The van der Waals surface area contributed by atoms with Crippen LogP contribution in [-0.4, -0.2) is 13.2 Å². The molecule has 0 fully saturated rings. The molecular formula is C22H37OSiTi. The normalized spacial score (nSPS) is 16.6. The van der Waals surface area contributed by atoms with Crippen molar-refractivity contribution in [3.8, 4) is 5.75 Å². The predicted octanol–water partition coefficient (Wildman–Crippen LogP) is 6.11. The van der Waals surface area contributed by atoms with Crippen LogP contribution in [0.25, 0.3) is 0 Å². The maximum atomic E-state index is 10.6. The number of hydrogen-bond donors (Lipinski definition) is 1. The monoisotopic (exact) mass is 393 g/mol. The summed E-state index contributed by atoms with van der Waals surface area (Å²) in [5.74, 6) is 1.01. The van der Waals surface area contributed by atoms with E-state index < -0.39 is 8.07 Å². The van der Waals surface area contributed by atoms with Crippen molar-refractivity contribution in [2.24, 2.45) is 5.92 Å². The van der Waals surface area contributed by atoms with E-state index in [0.29, 0.717) is 11.7 Å². The maximum Gasteiger partial charge on any atom is 3.00 e. The van der Waals surface area contributed by atoms with E-state index in [2.05, 4.69) is 59.8 Å². The molecule has 3 heteroatoms. The number of hydrogen-bond acceptors (Lipinski definition) is 1. The molecule has 0 aromatic heterocycles.